The molecule has 2 N–H and O–H groups in total. The number of hydrogen-bond acceptors (Lipinski definition) is 5. The molecule has 2 heterocycles. The van der Waals surface area contributed by atoms with Gasteiger partial charge in [-0.2, -0.15) is 5.10 Å². The minimum atomic E-state index is -1.87. The van der Waals surface area contributed by atoms with Gasteiger partial charge in [0.1, 0.15) is 29.9 Å². The summed E-state index contributed by atoms with van der Waals surface area (Å²) in [5, 5.41) is 17.5. The first kappa shape index (κ1) is 19.3. The molecule has 0 aliphatic rings. The average Bonchev–Trinajstić information content (AvgIpc) is 3.18. The Hall–Kier alpha value is -3.46. The zero-order chi connectivity index (χ0) is 20.0. The maximum absolute atomic E-state index is 14.3. The van der Waals surface area contributed by atoms with E-state index in [1.54, 1.807) is 30.6 Å². The summed E-state index contributed by atoms with van der Waals surface area (Å²) in [6, 6.07) is 6.34. The summed E-state index contributed by atoms with van der Waals surface area (Å²) in [4.78, 5) is 19.8. The fourth-order valence-corrected chi connectivity index (χ4v) is 2.62. The first-order valence-electron chi connectivity index (χ1n) is 8.32. The number of nitrogens with zero attached hydrogens (tertiary/aromatic N) is 4. The summed E-state index contributed by atoms with van der Waals surface area (Å²) >= 11 is 0. The molecular formula is C19H17F2N5O2. The second-order valence-corrected chi connectivity index (χ2v) is 6.09. The zero-order valence-corrected chi connectivity index (χ0v) is 14.7. The van der Waals surface area contributed by atoms with E-state index in [4.69, 9.17) is 0 Å². The van der Waals surface area contributed by atoms with Crippen molar-refractivity contribution in [1.29, 1.82) is 0 Å². The monoisotopic (exact) mass is 385 g/mol. The summed E-state index contributed by atoms with van der Waals surface area (Å²) in [6.45, 7) is -0.520. The highest BCUT2D eigenvalue weighted by Gasteiger charge is 2.33. The topological polar surface area (TPSA) is 92.9 Å². The molecule has 144 valence electrons. The van der Waals surface area contributed by atoms with E-state index in [2.05, 4.69) is 20.4 Å². The molecule has 9 heteroatoms. The van der Waals surface area contributed by atoms with Gasteiger partial charge in [-0.25, -0.2) is 18.4 Å². The Labute approximate surface area is 159 Å². The molecule has 2 aromatic heterocycles. The van der Waals surface area contributed by atoms with Crippen LogP contribution in [0.2, 0.25) is 0 Å². The molecule has 7 nitrogen and oxygen atoms in total. The molecule has 1 unspecified atom stereocenters. The molecule has 1 amide bonds. The molecule has 28 heavy (non-hydrogen) atoms. The van der Waals surface area contributed by atoms with E-state index in [9.17, 15) is 18.7 Å². The Morgan fingerprint density at radius 2 is 2.14 bits per heavy atom. The van der Waals surface area contributed by atoms with Gasteiger partial charge in [0.05, 0.1) is 13.1 Å². The van der Waals surface area contributed by atoms with Gasteiger partial charge in [0, 0.05) is 30.1 Å². The van der Waals surface area contributed by atoms with Crippen LogP contribution >= 0.6 is 0 Å². The maximum atomic E-state index is 14.3. The van der Waals surface area contributed by atoms with E-state index in [1.807, 2.05) is 0 Å². The van der Waals surface area contributed by atoms with Gasteiger partial charge < -0.3 is 10.4 Å². The summed E-state index contributed by atoms with van der Waals surface area (Å²) in [5.41, 5.74) is -1.32. The van der Waals surface area contributed by atoms with Crippen LogP contribution in [0.1, 0.15) is 11.1 Å². The first-order chi connectivity index (χ1) is 13.5. The molecule has 0 bridgehead atoms. The molecule has 0 aliphatic carbocycles. The fourth-order valence-electron chi connectivity index (χ4n) is 2.62. The van der Waals surface area contributed by atoms with E-state index in [0.717, 1.165) is 17.7 Å². The number of aliphatic hydroxyl groups is 1. The zero-order valence-electron chi connectivity index (χ0n) is 14.7. The molecule has 0 saturated heterocycles. The Morgan fingerprint density at radius 1 is 1.29 bits per heavy atom. The van der Waals surface area contributed by atoms with E-state index >= 15 is 0 Å². The van der Waals surface area contributed by atoms with Crippen molar-refractivity contribution in [1.82, 2.24) is 25.1 Å². The summed E-state index contributed by atoms with van der Waals surface area (Å²) in [7, 11) is 0. The third kappa shape index (κ3) is 4.83. The van der Waals surface area contributed by atoms with Crippen molar-refractivity contribution >= 4 is 12.0 Å². The highest BCUT2D eigenvalue weighted by atomic mass is 19.1. The lowest BCUT2D eigenvalue weighted by Gasteiger charge is -2.29. The van der Waals surface area contributed by atoms with Crippen molar-refractivity contribution in [3.63, 3.8) is 0 Å². The van der Waals surface area contributed by atoms with Gasteiger partial charge in [-0.05, 0) is 23.8 Å². The lowest BCUT2D eigenvalue weighted by molar-refractivity contribution is -0.118. The standard InChI is InChI=1S/C19H17F2N5O2/c20-15-4-5-16(17(21)8-15)19(28,11-26-13-23-12-25-26)10-24-18(27)6-3-14-2-1-7-22-9-14/h1-9,12-13,28H,10-11H2,(H,24,27). The SMILES string of the molecule is O=C(C=Cc1cccnc1)NCC(O)(Cn1cncn1)c1ccc(F)cc1F. The predicted octanol–water partition coefficient (Wildman–Crippen LogP) is 1.67. The molecule has 1 atom stereocenters. The maximum Gasteiger partial charge on any atom is 0.244 e. The molecular weight excluding hydrogens is 368 g/mol. The lowest BCUT2D eigenvalue weighted by atomic mass is 9.92. The van der Waals surface area contributed by atoms with Crippen LogP contribution in [0.3, 0.4) is 0 Å². The molecule has 0 fully saturated rings. The van der Waals surface area contributed by atoms with Crippen LogP contribution in [-0.4, -0.2) is 37.3 Å². The molecule has 1 aromatic carbocycles. The highest BCUT2D eigenvalue weighted by molar-refractivity contribution is 5.91. The van der Waals surface area contributed by atoms with Gasteiger partial charge in [-0.1, -0.05) is 12.1 Å². The third-order valence-electron chi connectivity index (χ3n) is 3.99. The molecule has 3 rings (SSSR count). The van der Waals surface area contributed by atoms with Crippen molar-refractivity contribution in [3.8, 4) is 0 Å². The number of aromatic nitrogens is 4. The average molecular weight is 385 g/mol. The van der Waals surface area contributed by atoms with E-state index in [1.165, 1.54) is 23.4 Å². The smallest absolute Gasteiger partial charge is 0.244 e. The molecule has 3 aromatic rings. The van der Waals surface area contributed by atoms with Gasteiger partial charge in [0.25, 0.3) is 0 Å². The minimum absolute atomic E-state index is 0.166. The summed E-state index contributed by atoms with van der Waals surface area (Å²) in [6.07, 6.45) is 8.62. The molecule has 0 aliphatic heterocycles. The highest BCUT2D eigenvalue weighted by Crippen LogP contribution is 2.26. The Morgan fingerprint density at radius 3 is 2.82 bits per heavy atom. The Kier molecular flexibility index (Phi) is 5.85. The fraction of sp³-hybridized carbons (Fsp3) is 0.158. The minimum Gasteiger partial charge on any atom is -0.381 e. The second kappa shape index (κ2) is 8.49. The largest absolute Gasteiger partial charge is 0.381 e. The van der Waals surface area contributed by atoms with E-state index in [-0.39, 0.29) is 18.7 Å². The second-order valence-electron chi connectivity index (χ2n) is 6.09. The number of halogens is 2. The van der Waals surface area contributed by atoms with Crippen LogP contribution in [0.25, 0.3) is 6.08 Å². The Balaban J connectivity index is 1.77. The quantitative estimate of drug-likeness (QED) is 0.604. The number of pyridine rings is 1. The van der Waals surface area contributed by atoms with Crippen molar-refractivity contribution in [2.45, 2.75) is 12.1 Å². The van der Waals surface area contributed by atoms with Gasteiger partial charge in [0.2, 0.25) is 5.91 Å². The van der Waals surface area contributed by atoms with E-state index in [0.29, 0.717) is 6.07 Å². The number of rotatable bonds is 7. The number of nitrogens with one attached hydrogen (secondary N) is 1. The normalized spacial score (nSPS) is 13.4. The molecule has 0 saturated carbocycles. The van der Waals surface area contributed by atoms with Crippen molar-refractivity contribution in [2.24, 2.45) is 0 Å². The van der Waals surface area contributed by atoms with Crippen LogP contribution in [0, 0.1) is 11.6 Å². The van der Waals surface area contributed by atoms with E-state index < -0.39 is 23.1 Å². The van der Waals surface area contributed by atoms with Crippen LogP contribution in [-0.2, 0) is 16.9 Å². The van der Waals surface area contributed by atoms with Gasteiger partial charge in [-0.3, -0.25) is 9.78 Å². The molecule has 0 spiro atoms. The number of hydrogen-bond donors (Lipinski definition) is 2. The number of amides is 1. The van der Waals surface area contributed by atoms with Crippen molar-refractivity contribution < 1.29 is 18.7 Å². The number of carbonyl (C=O) groups excluding carboxylic acids is 1. The predicted molar refractivity (Wildman–Crippen MR) is 96.6 cm³/mol. The van der Waals surface area contributed by atoms with Crippen molar-refractivity contribution in [3.05, 3.63) is 84.2 Å². The lowest BCUT2D eigenvalue weighted by Crippen LogP contribution is -2.44. The summed E-state index contributed by atoms with van der Waals surface area (Å²) < 4.78 is 28.8. The number of benzene rings is 1. The number of carbonyl (C=O) groups is 1. The van der Waals surface area contributed by atoms with Crippen LogP contribution in [0.4, 0.5) is 8.78 Å². The van der Waals surface area contributed by atoms with Gasteiger partial charge in [-0.15, -0.1) is 0 Å². The van der Waals surface area contributed by atoms with Gasteiger partial charge in [0.15, 0.2) is 0 Å². The Bertz CT molecular complexity index is 964. The third-order valence-corrected chi connectivity index (χ3v) is 3.99. The summed E-state index contributed by atoms with van der Waals surface area (Å²) in [5.74, 6) is -2.20. The van der Waals surface area contributed by atoms with Crippen LogP contribution in [0.15, 0.2) is 61.5 Å². The first-order valence-corrected chi connectivity index (χ1v) is 8.32. The van der Waals surface area contributed by atoms with Crippen molar-refractivity contribution in [2.75, 3.05) is 6.54 Å². The van der Waals surface area contributed by atoms with Crippen LogP contribution in [0.5, 0.6) is 0 Å². The van der Waals surface area contributed by atoms with Crippen LogP contribution < -0.4 is 5.32 Å². The molecule has 0 radical (unpaired) electrons. The van der Waals surface area contributed by atoms with Gasteiger partial charge >= 0.3 is 0 Å².